The highest BCUT2D eigenvalue weighted by atomic mass is 16.5. The highest BCUT2D eigenvalue weighted by Gasteiger charge is 2.13. The molecule has 0 saturated carbocycles. The van der Waals surface area contributed by atoms with Gasteiger partial charge in [0.1, 0.15) is 11.5 Å². The van der Waals surface area contributed by atoms with Crippen LogP contribution in [-0.4, -0.2) is 30.5 Å². The standard InChI is InChI=1S/C15H17N3O3/c1-3-21-15(19)18-17-14(12-8-6-10-16-12)11-7-4-5-9-13(11)20-2/h4-10,16H,3H2,1-2H3,(H,18,19)/b17-14+. The van der Waals surface area contributed by atoms with Gasteiger partial charge in [-0.1, -0.05) is 12.1 Å². The lowest BCUT2D eigenvalue weighted by Crippen LogP contribution is -2.21. The molecular weight excluding hydrogens is 270 g/mol. The van der Waals surface area contributed by atoms with Crippen LogP contribution < -0.4 is 10.2 Å². The van der Waals surface area contributed by atoms with Crippen LogP contribution in [0.15, 0.2) is 47.7 Å². The van der Waals surface area contributed by atoms with Crippen molar-refractivity contribution in [3.63, 3.8) is 0 Å². The Kier molecular flexibility index (Phi) is 4.98. The Morgan fingerprint density at radius 3 is 2.76 bits per heavy atom. The first kappa shape index (κ1) is 14.6. The third kappa shape index (κ3) is 3.62. The van der Waals surface area contributed by atoms with E-state index in [0.717, 1.165) is 11.3 Å². The minimum Gasteiger partial charge on any atom is -0.496 e. The average Bonchev–Trinajstić information content (AvgIpc) is 3.02. The zero-order valence-corrected chi connectivity index (χ0v) is 11.9. The van der Waals surface area contributed by atoms with Gasteiger partial charge in [-0.3, -0.25) is 0 Å². The Bertz CT molecular complexity index is 621. The molecule has 0 aliphatic carbocycles. The van der Waals surface area contributed by atoms with E-state index in [0.29, 0.717) is 11.5 Å². The van der Waals surface area contributed by atoms with E-state index in [1.165, 1.54) is 0 Å². The summed E-state index contributed by atoms with van der Waals surface area (Å²) in [7, 11) is 1.59. The molecule has 1 aromatic heterocycles. The molecular formula is C15H17N3O3. The zero-order valence-electron chi connectivity index (χ0n) is 11.9. The predicted octanol–water partition coefficient (Wildman–Crippen LogP) is 2.52. The van der Waals surface area contributed by atoms with Crippen LogP contribution in [0.1, 0.15) is 18.2 Å². The first-order valence-corrected chi connectivity index (χ1v) is 6.53. The molecule has 2 rings (SSSR count). The van der Waals surface area contributed by atoms with Crippen molar-refractivity contribution in [2.75, 3.05) is 13.7 Å². The van der Waals surface area contributed by atoms with E-state index in [1.54, 1.807) is 20.2 Å². The number of para-hydroxylation sites is 1. The van der Waals surface area contributed by atoms with Crippen molar-refractivity contribution in [3.05, 3.63) is 53.9 Å². The normalized spacial score (nSPS) is 11.0. The van der Waals surface area contributed by atoms with Gasteiger partial charge in [0.15, 0.2) is 0 Å². The molecule has 0 radical (unpaired) electrons. The van der Waals surface area contributed by atoms with Gasteiger partial charge in [0.2, 0.25) is 0 Å². The summed E-state index contributed by atoms with van der Waals surface area (Å²) < 4.78 is 10.1. The number of aromatic nitrogens is 1. The van der Waals surface area contributed by atoms with E-state index < -0.39 is 6.09 Å². The van der Waals surface area contributed by atoms with E-state index in [4.69, 9.17) is 9.47 Å². The fraction of sp³-hybridized carbons (Fsp3) is 0.200. The summed E-state index contributed by atoms with van der Waals surface area (Å²) in [5.41, 5.74) is 4.46. The number of rotatable bonds is 5. The lowest BCUT2D eigenvalue weighted by Gasteiger charge is -2.10. The van der Waals surface area contributed by atoms with E-state index in [2.05, 4.69) is 15.5 Å². The molecule has 0 fully saturated rings. The maximum absolute atomic E-state index is 11.4. The average molecular weight is 287 g/mol. The molecule has 0 atom stereocenters. The number of carbonyl (C=O) groups excluding carboxylic acids is 1. The molecule has 2 aromatic rings. The maximum Gasteiger partial charge on any atom is 0.427 e. The summed E-state index contributed by atoms with van der Waals surface area (Å²) in [4.78, 5) is 14.5. The van der Waals surface area contributed by atoms with Crippen molar-refractivity contribution in [1.82, 2.24) is 10.4 Å². The molecule has 1 heterocycles. The Balaban J connectivity index is 2.37. The van der Waals surface area contributed by atoms with Crippen molar-refractivity contribution < 1.29 is 14.3 Å². The van der Waals surface area contributed by atoms with E-state index in [9.17, 15) is 4.79 Å². The van der Waals surface area contributed by atoms with Crippen LogP contribution >= 0.6 is 0 Å². The molecule has 2 N–H and O–H groups in total. The molecule has 21 heavy (non-hydrogen) atoms. The first-order valence-electron chi connectivity index (χ1n) is 6.53. The molecule has 0 bridgehead atoms. The second-order valence-corrected chi connectivity index (χ2v) is 4.08. The van der Waals surface area contributed by atoms with E-state index >= 15 is 0 Å². The van der Waals surface area contributed by atoms with Crippen LogP contribution in [0.25, 0.3) is 0 Å². The summed E-state index contributed by atoms with van der Waals surface area (Å²) in [5, 5.41) is 4.14. The topological polar surface area (TPSA) is 75.7 Å². The molecule has 1 aromatic carbocycles. The summed E-state index contributed by atoms with van der Waals surface area (Å²) in [5.74, 6) is 0.663. The number of ether oxygens (including phenoxy) is 2. The van der Waals surface area contributed by atoms with Crippen LogP contribution in [0, 0.1) is 0 Å². The molecule has 6 heteroatoms. The summed E-state index contributed by atoms with van der Waals surface area (Å²) >= 11 is 0. The molecule has 110 valence electrons. The Labute approximate surface area is 122 Å². The Hall–Kier alpha value is -2.76. The number of carbonyl (C=O) groups is 1. The zero-order chi connectivity index (χ0) is 15.1. The lowest BCUT2D eigenvalue weighted by molar-refractivity contribution is 0.152. The van der Waals surface area contributed by atoms with Gasteiger partial charge in [0, 0.05) is 11.8 Å². The maximum atomic E-state index is 11.4. The molecule has 1 amide bonds. The number of nitrogens with one attached hydrogen (secondary N) is 2. The predicted molar refractivity (Wildman–Crippen MR) is 79.6 cm³/mol. The molecule has 6 nitrogen and oxygen atoms in total. The largest absolute Gasteiger partial charge is 0.496 e. The third-order valence-corrected chi connectivity index (χ3v) is 2.75. The number of nitrogens with zero attached hydrogens (tertiary/aromatic N) is 1. The second-order valence-electron chi connectivity index (χ2n) is 4.08. The highest BCUT2D eigenvalue weighted by molar-refractivity contribution is 6.13. The number of H-pyrrole nitrogens is 1. The molecule has 0 unspecified atom stereocenters. The summed E-state index contributed by atoms with van der Waals surface area (Å²) in [6.45, 7) is 2.02. The number of hydrogen-bond acceptors (Lipinski definition) is 4. The van der Waals surface area contributed by atoms with Crippen molar-refractivity contribution in [2.45, 2.75) is 6.92 Å². The number of methoxy groups -OCH3 is 1. The fourth-order valence-corrected chi connectivity index (χ4v) is 1.85. The van der Waals surface area contributed by atoms with Crippen LogP contribution in [0.3, 0.4) is 0 Å². The minimum atomic E-state index is -0.601. The number of aromatic amines is 1. The van der Waals surface area contributed by atoms with Gasteiger partial charge in [-0.2, -0.15) is 5.10 Å². The lowest BCUT2D eigenvalue weighted by atomic mass is 10.1. The van der Waals surface area contributed by atoms with Gasteiger partial charge in [0.05, 0.1) is 19.4 Å². The SMILES string of the molecule is CCOC(=O)N/N=C(/c1ccc[nH]1)c1ccccc1OC. The van der Waals surface area contributed by atoms with Crippen LogP contribution in [0.5, 0.6) is 5.75 Å². The van der Waals surface area contributed by atoms with Crippen LogP contribution in [-0.2, 0) is 4.74 Å². The van der Waals surface area contributed by atoms with E-state index in [1.807, 2.05) is 36.4 Å². The monoisotopic (exact) mass is 287 g/mol. The van der Waals surface area contributed by atoms with Crippen molar-refractivity contribution >= 4 is 11.8 Å². The van der Waals surface area contributed by atoms with Gasteiger partial charge in [0.25, 0.3) is 0 Å². The quantitative estimate of drug-likeness (QED) is 0.655. The van der Waals surface area contributed by atoms with Gasteiger partial charge >= 0.3 is 6.09 Å². The Morgan fingerprint density at radius 1 is 1.29 bits per heavy atom. The Morgan fingerprint density at radius 2 is 2.10 bits per heavy atom. The smallest absolute Gasteiger partial charge is 0.427 e. The molecule has 0 aliphatic heterocycles. The van der Waals surface area contributed by atoms with Gasteiger partial charge in [-0.25, -0.2) is 10.2 Å². The van der Waals surface area contributed by atoms with Crippen LogP contribution in [0.2, 0.25) is 0 Å². The van der Waals surface area contributed by atoms with E-state index in [-0.39, 0.29) is 6.61 Å². The summed E-state index contributed by atoms with van der Waals surface area (Å²) in [6.07, 6.45) is 1.18. The first-order chi connectivity index (χ1) is 10.3. The highest BCUT2D eigenvalue weighted by Crippen LogP contribution is 2.21. The second kappa shape index (κ2) is 7.14. The van der Waals surface area contributed by atoms with Gasteiger partial charge in [-0.05, 0) is 31.2 Å². The van der Waals surface area contributed by atoms with Crippen molar-refractivity contribution in [3.8, 4) is 5.75 Å². The fourth-order valence-electron chi connectivity index (χ4n) is 1.85. The molecule has 0 spiro atoms. The third-order valence-electron chi connectivity index (χ3n) is 2.75. The number of hydrazone groups is 1. The van der Waals surface area contributed by atoms with Gasteiger partial charge in [-0.15, -0.1) is 0 Å². The van der Waals surface area contributed by atoms with Crippen molar-refractivity contribution in [2.24, 2.45) is 5.10 Å². The number of benzene rings is 1. The number of hydrogen-bond donors (Lipinski definition) is 2. The minimum absolute atomic E-state index is 0.286. The molecule has 0 aliphatic rings. The summed E-state index contributed by atoms with van der Waals surface area (Å²) in [6, 6.07) is 11.2. The van der Waals surface area contributed by atoms with Crippen molar-refractivity contribution in [1.29, 1.82) is 0 Å². The number of amides is 1. The van der Waals surface area contributed by atoms with Gasteiger partial charge < -0.3 is 14.5 Å². The van der Waals surface area contributed by atoms with Crippen LogP contribution in [0.4, 0.5) is 4.79 Å². The molecule has 0 saturated heterocycles.